The predicted molar refractivity (Wildman–Crippen MR) is 177 cm³/mol. The van der Waals surface area contributed by atoms with Crippen LogP contribution in [0.2, 0.25) is 0 Å². The summed E-state index contributed by atoms with van der Waals surface area (Å²) in [5.41, 5.74) is 10.8. The van der Waals surface area contributed by atoms with Crippen molar-refractivity contribution in [2.75, 3.05) is 0 Å². The number of aryl methyl sites for hydroxylation is 3. The van der Waals surface area contributed by atoms with Gasteiger partial charge in [-0.05, 0) is 60.2 Å². The van der Waals surface area contributed by atoms with Crippen LogP contribution in [0.5, 0.6) is 0 Å². The van der Waals surface area contributed by atoms with Crippen molar-refractivity contribution in [3.05, 3.63) is 126 Å². The first-order valence-electron chi connectivity index (χ1n) is 14.6. The zero-order chi connectivity index (χ0) is 30.1. The average Bonchev–Trinajstić information content (AvgIpc) is 3.38. The Morgan fingerprint density at radius 3 is 2.30 bits per heavy atom. The van der Waals surface area contributed by atoms with E-state index >= 15 is 0 Å². The Labute approximate surface area is 273 Å². The van der Waals surface area contributed by atoms with Gasteiger partial charge < -0.3 is 14.4 Å². The van der Waals surface area contributed by atoms with Gasteiger partial charge in [0.15, 0.2) is 0 Å². The largest absolute Gasteiger partial charge is 0.500 e. The van der Waals surface area contributed by atoms with E-state index in [-0.39, 0.29) is 25.5 Å². The minimum atomic E-state index is 0. The maximum atomic E-state index is 6.38. The molecule has 0 unspecified atom stereocenters. The van der Waals surface area contributed by atoms with Crippen LogP contribution in [0.25, 0.3) is 55.2 Å². The molecule has 0 saturated heterocycles. The number of rotatable bonds is 3. The Kier molecular flexibility index (Phi) is 9.10. The molecule has 0 saturated carbocycles. The van der Waals surface area contributed by atoms with Crippen molar-refractivity contribution in [1.29, 1.82) is 0 Å². The molecule has 0 fully saturated rings. The molecule has 0 amide bonds. The van der Waals surface area contributed by atoms with E-state index in [1.807, 2.05) is 36.8 Å². The number of aromatic nitrogens is 3. The van der Waals surface area contributed by atoms with Gasteiger partial charge in [-0.25, -0.2) is 0 Å². The molecule has 223 valence electrons. The van der Waals surface area contributed by atoms with Crippen LogP contribution in [0.15, 0.2) is 95.9 Å². The van der Waals surface area contributed by atoms with Crippen molar-refractivity contribution in [3.8, 4) is 22.5 Å². The molecule has 0 aliphatic rings. The summed E-state index contributed by atoms with van der Waals surface area (Å²) >= 11 is 0. The summed E-state index contributed by atoms with van der Waals surface area (Å²) in [5, 5.41) is 4.32. The van der Waals surface area contributed by atoms with Crippen LogP contribution >= 0.6 is 0 Å². The van der Waals surface area contributed by atoms with Gasteiger partial charge in [-0.1, -0.05) is 74.0 Å². The van der Waals surface area contributed by atoms with E-state index in [0.717, 1.165) is 61.6 Å². The van der Waals surface area contributed by atoms with E-state index in [1.54, 1.807) is 6.20 Å². The Morgan fingerprint density at radius 2 is 1.55 bits per heavy atom. The second-order valence-electron chi connectivity index (χ2n) is 12.5. The normalized spacial score (nSPS) is 11.3. The molecule has 0 aliphatic carbocycles. The van der Waals surface area contributed by atoms with Crippen LogP contribution in [-0.4, -0.2) is 15.0 Å². The number of fused-ring (bicyclic) bond motifs is 5. The van der Waals surface area contributed by atoms with Gasteiger partial charge in [0.25, 0.3) is 0 Å². The van der Waals surface area contributed by atoms with E-state index in [9.17, 15) is 0 Å². The zero-order valence-electron chi connectivity index (χ0n) is 26.0. The van der Waals surface area contributed by atoms with Gasteiger partial charge >= 0.3 is 0 Å². The summed E-state index contributed by atoms with van der Waals surface area (Å²) in [5.74, 6) is 0. The first kappa shape index (κ1) is 31.3. The Bertz CT molecular complexity index is 2070. The quantitative estimate of drug-likeness (QED) is 0.169. The second kappa shape index (κ2) is 12.8. The summed E-state index contributed by atoms with van der Waals surface area (Å²) < 4.78 is 6.38. The number of pyridine rings is 3. The van der Waals surface area contributed by atoms with Crippen LogP contribution in [-0.2, 0) is 26.5 Å². The van der Waals surface area contributed by atoms with Crippen LogP contribution in [0.3, 0.4) is 0 Å². The molecule has 0 atom stereocenters. The third-order valence-corrected chi connectivity index (χ3v) is 7.65. The molecule has 4 nitrogen and oxygen atoms in total. The molecule has 7 aromatic rings. The SMILES string of the molecule is CC(C)(C)Cc1ccnc(-c2[c-]ccc3c2oc2c4cnccc4ccc32)c1.Cc1c[c-]c(-c2cc(C)c(C)cn2)cc1.[Ir]. The maximum absolute atomic E-state index is 6.38. The van der Waals surface area contributed by atoms with Gasteiger partial charge in [0, 0.05) is 55.7 Å². The van der Waals surface area contributed by atoms with Gasteiger partial charge in [-0.15, -0.1) is 53.6 Å². The monoisotopic (exact) mass is 754 g/mol. The average molecular weight is 754 g/mol. The van der Waals surface area contributed by atoms with Gasteiger partial charge in [-0.3, -0.25) is 4.98 Å². The fourth-order valence-electron chi connectivity index (χ4n) is 5.32. The fraction of sp³-hybridized carbons (Fsp3) is 0.205. The van der Waals surface area contributed by atoms with E-state index < -0.39 is 0 Å². The molecule has 3 aromatic carbocycles. The first-order valence-corrected chi connectivity index (χ1v) is 14.6. The summed E-state index contributed by atoms with van der Waals surface area (Å²) in [6.45, 7) is 13.0. The van der Waals surface area contributed by atoms with Gasteiger partial charge in [0.2, 0.25) is 0 Å². The van der Waals surface area contributed by atoms with Crippen molar-refractivity contribution >= 4 is 32.7 Å². The minimum Gasteiger partial charge on any atom is -0.500 e. The van der Waals surface area contributed by atoms with Gasteiger partial charge in [0.05, 0.1) is 5.58 Å². The zero-order valence-corrected chi connectivity index (χ0v) is 28.3. The van der Waals surface area contributed by atoms with Crippen molar-refractivity contribution in [1.82, 2.24) is 15.0 Å². The molecule has 1 radical (unpaired) electrons. The number of hydrogen-bond acceptors (Lipinski definition) is 4. The third-order valence-electron chi connectivity index (χ3n) is 7.65. The molecule has 0 bridgehead atoms. The van der Waals surface area contributed by atoms with Crippen molar-refractivity contribution < 1.29 is 24.5 Å². The number of nitrogens with zero attached hydrogens (tertiary/aromatic N) is 3. The summed E-state index contributed by atoms with van der Waals surface area (Å²) in [4.78, 5) is 13.3. The predicted octanol–water partition coefficient (Wildman–Crippen LogP) is 10.1. The number of benzene rings is 3. The maximum Gasteiger partial charge on any atom is 0.130 e. The smallest absolute Gasteiger partial charge is 0.130 e. The molecule has 4 heterocycles. The Morgan fingerprint density at radius 1 is 0.727 bits per heavy atom. The third kappa shape index (κ3) is 6.65. The second-order valence-corrected chi connectivity index (χ2v) is 12.5. The molecule has 0 spiro atoms. The summed E-state index contributed by atoms with van der Waals surface area (Å²) in [6.07, 6.45) is 8.46. The molecule has 0 aliphatic heterocycles. The van der Waals surface area contributed by atoms with Crippen molar-refractivity contribution in [3.63, 3.8) is 0 Å². The molecule has 7 rings (SSSR count). The standard InChI is InChI=1S/C25H21N2O.C14H14N.Ir/c1-25(2,3)14-16-9-12-27-22(13-16)20-6-4-5-18-19-8-7-17-10-11-26-15-21(17)24(19)28-23(18)20;1-10-4-6-13(7-5-10)14-8-11(2)12(3)9-15-14;/h4-5,7-13,15H,14H2,1-3H3;4-6,8-9H,1-3H3;/q2*-1;. The topological polar surface area (TPSA) is 51.8 Å². The van der Waals surface area contributed by atoms with Crippen LogP contribution in [0.1, 0.15) is 43.0 Å². The van der Waals surface area contributed by atoms with E-state index in [1.165, 1.54) is 22.3 Å². The molecule has 0 N–H and O–H groups in total. The minimum absolute atomic E-state index is 0. The molecule has 44 heavy (non-hydrogen) atoms. The molecule has 4 aromatic heterocycles. The summed E-state index contributed by atoms with van der Waals surface area (Å²) in [6, 6.07) is 29.4. The van der Waals surface area contributed by atoms with Gasteiger partial charge in [0.1, 0.15) is 5.58 Å². The first-order chi connectivity index (χ1) is 20.7. The number of hydrogen-bond donors (Lipinski definition) is 0. The fourth-order valence-corrected chi connectivity index (χ4v) is 5.32. The molecule has 5 heteroatoms. The van der Waals surface area contributed by atoms with E-state index in [0.29, 0.717) is 0 Å². The Balaban J connectivity index is 0.000000204. The summed E-state index contributed by atoms with van der Waals surface area (Å²) in [7, 11) is 0. The van der Waals surface area contributed by atoms with Gasteiger partial charge in [-0.2, -0.15) is 0 Å². The van der Waals surface area contributed by atoms with E-state index in [4.69, 9.17) is 4.42 Å². The van der Waals surface area contributed by atoms with Crippen molar-refractivity contribution in [2.24, 2.45) is 5.41 Å². The Hall–Kier alpha value is -4.18. The van der Waals surface area contributed by atoms with Crippen LogP contribution in [0.4, 0.5) is 0 Å². The van der Waals surface area contributed by atoms with E-state index in [2.05, 4.69) is 117 Å². The van der Waals surface area contributed by atoms with Crippen molar-refractivity contribution in [2.45, 2.75) is 48.0 Å². The van der Waals surface area contributed by atoms with Crippen LogP contribution in [0, 0.1) is 38.3 Å². The molecular formula is C39H35IrN3O-2. The number of furan rings is 1. The van der Waals surface area contributed by atoms with Crippen LogP contribution < -0.4 is 0 Å². The molecular weight excluding hydrogens is 719 g/mol.